The largest absolute Gasteiger partial charge is 0.493 e. The van der Waals surface area contributed by atoms with E-state index >= 15 is 0 Å². The molecule has 0 aliphatic heterocycles. The fraction of sp³-hybridized carbons (Fsp3) is 0.200. The van der Waals surface area contributed by atoms with E-state index in [1.54, 1.807) is 12.1 Å². The van der Waals surface area contributed by atoms with E-state index < -0.39 is 11.6 Å². The first-order chi connectivity index (χ1) is 9.65. The predicted molar refractivity (Wildman–Crippen MR) is 71.6 cm³/mol. The van der Waals surface area contributed by atoms with Gasteiger partial charge in [-0.2, -0.15) is 0 Å². The second kappa shape index (κ2) is 6.34. The van der Waals surface area contributed by atoms with Crippen LogP contribution in [0.15, 0.2) is 36.4 Å². The van der Waals surface area contributed by atoms with Crippen LogP contribution in [0.1, 0.15) is 11.1 Å². The Kier molecular flexibility index (Phi) is 4.53. The van der Waals surface area contributed by atoms with Crippen molar-refractivity contribution in [2.45, 2.75) is 13.2 Å². The quantitative estimate of drug-likeness (QED) is 0.915. The van der Waals surface area contributed by atoms with Crippen LogP contribution >= 0.6 is 0 Å². The van der Waals surface area contributed by atoms with E-state index in [0.717, 1.165) is 11.6 Å². The highest BCUT2D eigenvalue weighted by Crippen LogP contribution is 2.29. The second-order valence-corrected chi connectivity index (χ2v) is 4.19. The molecule has 2 rings (SSSR count). The molecule has 20 heavy (non-hydrogen) atoms. The molecule has 0 heterocycles. The SMILES string of the molecule is COc1ccc(CN)cc1OCc1cccc(F)c1F. The van der Waals surface area contributed by atoms with Gasteiger partial charge in [-0.05, 0) is 23.8 Å². The summed E-state index contributed by atoms with van der Waals surface area (Å²) >= 11 is 0. The number of ether oxygens (including phenoxy) is 2. The summed E-state index contributed by atoms with van der Waals surface area (Å²) < 4.78 is 37.3. The molecular weight excluding hydrogens is 264 g/mol. The van der Waals surface area contributed by atoms with Crippen molar-refractivity contribution in [3.05, 3.63) is 59.2 Å². The number of nitrogens with two attached hydrogens (primary N) is 1. The summed E-state index contributed by atoms with van der Waals surface area (Å²) in [4.78, 5) is 0. The number of rotatable bonds is 5. The molecule has 0 saturated carbocycles. The molecule has 5 heteroatoms. The van der Waals surface area contributed by atoms with Crippen molar-refractivity contribution in [3.63, 3.8) is 0 Å². The first-order valence-electron chi connectivity index (χ1n) is 6.08. The first kappa shape index (κ1) is 14.3. The van der Waals surface area contributed by atoms with E-state index in [1.807, 2.05) is 6.07 Å². The van der Waals surface area contributed by atoms with E-state index in [2.05, 4.69) is 0 Å². The van der Waals surface area contributed by atoms with Gasteiger partial charge >= 0.3 is 0 Å². The molecule has 0 atom stereocenters. The van der Waals surface area contributed by atoms with Gasteiger partial charge in [-0.1, -0.05) is 18.2 Å². The molecule has 0 unspecified atom stereocenters. The minimum atomic E-state index is -0.901. The molecule has 0 aliphatic rings. The van der Waals surface area contributed by atoms with Gasteiger partial charge in [0.05, 0.1) is 7.11 Å². The third kappa shape index (κ3) is 3.05. The minimum absolute atomic E-state index is 0.0893. The fourth-order valence-corrected chi connectivity index (χ4v) is 1.78. The van der Waals surface area contributed by atoms with Crippen LogP contribution in [-0.2, 0) is 13.2 Å². The van der Waals surface area contributed by atoms with E-state index in [9.17, 15) is 8.78 Å². The Labute approximate surface area is 115 Å². The van der Waals surface area contributed by atoms with Crippen molar-refractivity contribution in [1.29, 1.82) is 0 Å². The molecule has 106 valence electrons. The van der Waals surface area contributed by atoms with Gasteiger partial charge in [0.25, 0.3) is 0 Å². The number of hydrogen-bond donors (Lipinski definition) is 1. The summed E-state index contributed by atoms with van der Waals surface area (Å²) in [6.45, 7) is 0.267. The summed E-state index contributed by atoms with van der Waals surface area (Å²) in [5, 5.41) is 0. The van der Waals surface area contributed by atoms with Crippen LogP contribution in [0.3, 0.4) is 0 Å². The molecule has 0 amide bonds. The lowest BCUT2D eigenvalue weighted by Crippen LogP contribution is -2.03. The van der Waals surface area contributed by atoms with Gasteiger partial charge in [-0.15, -0.1) is 0 Å². The van der Waals surface area contributed by atoms with Crippen LogP contribution in [-0.4, -0.2) is 7.11 Å². The normalized spacial score (nSPS) is 10.4. The van der Waals surface area contributed by atoms with Gasteiger partial charge in [0.15, 0.2) is 23.1 Å². The van der Waals surface area contributed by atoms with Gasteiger partial charge in [-0.25, -0.2) is 8.78 Å². The molecule has 0 aliphatic carbocycles. The van der Waals surface area contributed by atoms with Gasteiger partial charge < -0.3 is 15.2 Å². The monoisotopic (exact) mass is 279 g/mol. The lowest BCUT2D eigenvalue weighted by molar-refractivity contribution is 0.277. The van der Waals surface area contributed by atoms with Crippen LogP contribution in [0.2, 0.25) is 0 Å². The van der Waals surface area contributed by atoms with E-state index in [1.165, 1.54) is 19.2 Å². The van der Waals surface area contributed by atoms with Gasteiger partial charge in [-0.3, -0.25) is 0 Å². The number of hydrogen-bond acceptors (Lipinski definition) is 3. The van der Waals surface area contributed by atoms with Crippen molar-refractivity contribution in [2.75, 3.05) is 7.11 Å². The highest BCUT2D eigenvalue weighted by Gasteiger charge is 2.10. The molecule has 0 spiro atoms. The average molecular weight is 279 g/mol. The molecule has 0 bridgehead atoms. The Morgan fingerprint density at radius 1 is 1.10 bits per heavy atom. The predicted octanol–water partition coefficient (Wildman–Crippen LogP) is 3.01. The molecule has 0 radical (unpaired) electrons. The third-order valence-corrected chi connectivity index (χ3v) is 2.88. The molecule has 2 aromatic carbocycles. The van der Waals surface area contributed by atoms with Gasteiger partial charge in [0, 0.05) is 12.1 Å². The molecule has 2 aromatic rings. The zero-order chi connectivity index (χ0) is 14.5. The number of benzene rings is 2. The van der Waals surface area contributed by atoms with Crippen molar-refractivity contribution >= 4 is 0 Å². The molecule has 0 aromatic heterocycles. The number of halogens is 2. The van der Waals surface area contributed by atoms with E-state index in [-0.39, 0.29) is 12.2 Å². The van der Waals surface area contributed by atoms with Crippen molar-refractivity contribution in [3.8, 4) is 11.5 Å². The summed E-state index contributed by atoms with van der Waals surface area (Å²) in [5.74, 6) is -0.839. The summed E-state index contributed by atoms with van der Waals surface area (Å²) in [5.41, 5.74) is 6.56. The Balaban J connectivity index is 2.19. The van der Waals surface area contributed by atoms with Crippen LogP contribution in [0, 0.1) is 11.6 Å². The maximum Gasteiger partial charge on any atom is 0.165 e. The second-order valence-electron chi connectivity index (χ2n) is 4.19. The van der Waals surface area contributed by atoms with Crippen LogP contribution in [0.5, 0.6) is 11.5 Å². The first-order valence-corrected chi connectivity index (χ1v) is 6.08. The zero-order valence-electron chi connectivity index (χ0n) is 11.0. The highest BCUT2D eigenvalue weighted by atomic mass is 19.2. The van der Waals surface area contributed by atoms with Gasteiger partial charge in [0.2, 0.25) is 0 Å². The minimum Gasteiger partial charge on any atom is -0.493 e. The molecular formula is C15H15F2NO2. The van der Waals surface area contributed by atoms with Crippen molar-refractivity contribution in [2.24, 2.45) is 5.73 Å². The van der Waals surface area contributed by atoms with Gasteiger partial charge in [0.1, 0.15) is 6.61 Å². The van der Waals surface area contributed by atoms with E-state index in [4.69, 9.17) is 15.2 Å². The summed E-state index contributed by atoms with van der Waals surface area (Å²) in [6.07, 6.45) is 0. The smallest absolute Gasteiger partial charge is 0.165 e. The fourth-order valence-electron chi connectivity index (χ4n) is 1.78. The maximum absolute atomic E-state index is 13.5. The Morgan fingerprint density at radius 3 is 2.60 bits per heavy atom. The third-order valence-electron chi connectivity index (χ3n) is 2.88. The number of methoxy groups -OCH3 is 1. The van der Waals surface area contributed by atoms with Crippen LogP contribution in [0.4, 0.5) is 8.78 Å². The van der Waals surface area contributed by atoms with Crippen molar-refractivity contribution in [1.82, 2.24) is 0 Å². The standard InChI is InChI=1S/C15H15F2NO2/c1-19-13-6-5-10(8-18)7-14(13)20-9-11-3-2-4-12(16)15(11)17/h2-7H,8-9,18H2,1H3. The van der Waals surface area contributed by atoms with E-state index in [0.29, 0.717) is 18.0 Å². The maximum atomic E-state index is 13.5. The van der Waals surface area contributed by atoms with Crippen LogP contribution in [0.25, 0.3) is 0 Å². The Bertz CT molecular complexity index is 602. The lowest BCUT2D eigenvalue weighted by atomic mass is 10.2. The molecule has 0 fully saturated rings. The molecule has 0 saturated heterocycles. The highest BCUT2D eigenvalue weighted by molar-refractivity contribution is 5.43. The summed E-state index contributed by atoms with van der Waals surface area (Å²) in [7, 11) is 1.51. The summed E-state index contributed by atoms with van der Waals surface area (Å²) in [6, 6.07) is 9.22. The van der Waals surface area contributed by atoms with Crippen LogP contribution < -0.4 is 15.2 Å². The Morgan fingerprint density at radius 2 is 1.90 bits per heavy atom. The van der Waals surface area contributed by atoms with Crippen molar-refractivity contribution < 1.29 is 18.3 Å². The zero-order valence-corrected chi connectivity index (χ0v) is 11.0. The average Bonchev–Trinajstić information content (AvgIpc) is 2.48. The molecule has 2 N–H and O–H groups in total. The lowest BCUT2D eigenvalue weighted by Gasteiger charge is -2.12. The molecule has 3 nitrogen and oxygen atoms in total. The Hall–Kier alpha value is -2.14. The topological polar surface area (TPSA) is 44.5 Å².